The van der Waals surface area contributed by atoms with Crippen LogP contribution < -0.4 is 24.3 Å². The van der Waals surface area contributed by atoms with Gasteiger partial charge in [-0.25, -0.2) is 0 Å². The zero-order valence-electron chi connectivity index (χ0n) is 67.7. The van der Waals surface area contributed by atoms with Crippen molar-refractivity contribution in [3.8, 4) is 34.8 Å². The minimum atomic E-state index is -0.519. The minimum absolute atomic E-state index is 0.215. The van der Waals surface area contributed by atoms with Crippen LogP contribution in [0.2, 0.25) is 0 Å². The third kappa shape index (κ3) is 23.1. The highest BCUT2D eigenvalue weighted by molar-refractivity contribution is 5.83. The maximum Gasteiger partial charge on any atom is 0.125 e. The quantitative estimate of drug-likeness (QED) is 0.0221. The van der Waals surface area contributed by atoms with Crippen LogP contribution in [0.5, 0.6) is 23.0 Å². The molecule has 0 bridgehead atoms. The maximum absolute atomic E-state index is 6.43. The first-order valence-electron chi connectivity index (χ1n) is 40.5. The molecule has 12 rings (SSSR count). The summed E-state index contributed by atoms with van der Waals surface area (Å²) in [5.74, 6) is 9.59. The van der Waals surface area contributed by atoms with Crippen molar-refractivity contribution in [3.63, 3.8) is 0 Å². The fraction of sp³-hybridized carbons (Fsp3) is 0.282. The van der Waals surface area contributed by atoms with Crippen LogP contribution in [0.15, 0.2) is 303 Å². The Bertz CT molecular complexity index is 4650. The second kappa shape index (κ2) is 45.2. The molecule has 116 heavy (non-hydrogen) atoms. The monoisotopic (exact) mass is 1550 g/mol. The molecule has 1 aliphatic rings. The second-order valence-electron chi connectivity index (χ2n) is 28.5. The molecule has 0 aliphatic heterocycles. The van der Waals surface area contributed by atoms with Crippen molar-refractivity contribution >= 4 is 16.8 Å². The molecule has 13 heteroatoms. The summed E-state index contributed by atoms with van der Waals surface area (Å²) in [5.41, 5.74) is 19.4. The molecule has 1 aliphatic carbocycles. The number of methoxy groups -OCH3 is 1. The average Bonchev–Trinajstić information content (AvgIpc) is 0.775. The Hall–Kier alpha value is -11.1. The van der Waals surface area contributed by atoms with Crippen molar-refractivity contribution in [2.45, 2.75) is 57.5 Å². The van der Waals surface area contributed by atoms with E-state index in [0.717, 1.165) is 86.1 Å². The summed E-state index contributed by atoms with van der Waals surface area (Å²) in [4.78, 5) is 0. The Kier molecular flexibility index (Phi) is 32.9. The van der Waals surface area contributed by atoms with Gasteiger partial charge in [0.05, 0.1) is 96.7 Å². The molecule has 0 radical (unpaired) electrons. The highest BCUT2D eigenvalue weighted by atomic mass is 16.6. The largest absolute Gasteiger partial charge is 0.491 e. The lowest BCUT2D eigenvalue weighted by molar-refractivity contribution is -0.00925. The van der Waals surface area contributed by atoms with Crippen LogP contribution in [0.4, 0.5) is 5.69 Å². The molecular formula is C103H109NO12. The first-order chi connectivity index (χ1) is 57.2. The zero-order valence-corrected chi connectivity index (χ0v) is 67.7. The maximum atomic E-state index is 6.43. The van der Waals surface area contributed by atoms with Gasteiger partial charge in [0.2, 0.25) is 0 Å². The Morgan fingerprint density at radius 1 is 0.328 bits per heavy atom. The molecule has 598 valence electrons. The van der Waals surface area contributed by atoms with Crippen LogP contribution in [-0.2, 0) is 55.1 Å². The molecule has 13 nitrogen and oxygen atoms in total. The van der Waals surface area contributed by atoms with E-state index in [4.69, 9.17) is 56.8 Å². The molecule has 0 fully saturated rings. The first kappa shape index (κ1) is 84.3. The van der Waals surface area contributed by atoms with E-state index >= 15 is 0 Å². The van der Waals surface area contributed by atoms with Gasteiger partial charge in [-0.3, -0.25) is 0 Å². The van der Waals surface area contributed by atoms with E-state index < -0.39 is 10.8 Å². The molecule has 0 amide bonds. The Labute approximate surface area is 686 Å². The molecule has 1 unspecified atom stereocenters. The number of ether oxygens (including phenoxy) is 12. The molecule has 0 spiro atoms. The van der Waals surface area contributed by atoms with Gasteiger partial charge in [-0.05, 0) is 172 Å². The first-order valence-corrected chi connectivity index (χ1v) is 40.5. The molecule has 0 heterocycles. The van der Waals surface area contributed by atoms with Crippen LogP contribution in [0.1, 0.15) is 89.9 Å². The van der Waals surface area contributed by atoms with Crippen molar-refractivity contribution < 1.29 is 56.8 Å². The highest BCUT2D eigenvalue weighted by Gasteiger charge is 2.40. The van der Waals surface area contributed by atoms with Crippen molar-refractivity contribution in [1.29, 1.82) is 0 Å². The van der Waals surface area contributed by atoms with E-state index in [0.29, 0.717) is 125 Å². The molecule has 1 N–H and O–H groups in total. The van der Waals surface area contributed by atoms with Crippen LogP contribution >= 0.6 is 0 Å². The number of nitrogens with one attached hydrogen (secondary N) is 1. The van der Waals surface area contributed by atoms with Crippen LogP contribution in [0.3, 0.4) is 0 Å². The SMILES string of the molecule is COC1C=CC(c2ccc(OCCOCCOCCOc3c(C)cc(C(c4ccccc4)(c4ccccc4)c4ccccc4)cc3C)cc2)=CC=C1c1ccc(NCC#CCOCCOCCOCCOCCOCCCc2ccc(OCCOc3c(C)cc(C(c4ccccc4)(c4ccccc4)c4ccccc4)cc3C)cc2)cc1. The number of benzene rings is 11. The van der Waals surface area contributed by atoms with E-state index in [1.165, 1.54) is 50.1 Å². The molecule has 1 atom stereocenters. The van der Waals surface area contributed by atoms with Gasteiger partial charge >= 0.3 is 0 Å². The number of hydrogen-bond acceptors (Lipinski definition) is 13. The van der Waals surface area contributed by atoms with Crippen LogP contribution in [-0.4, -0.2) is 139 Å². The molecule has 0 aromatic heterocycles. The van der Waals surface area contributed by atoms with Gasteiger partial charge in [-0.1, -0.05) is 279 Å². The summed E-state index contributed by atoms with van der Waals surface area (Å²) in [5, 5.41) is 3.39. The summed E-state index contributed by atoms with van der Waals surface area (Å²) in [7, 11) is 1.73. The predicted molar refractivity (Wildman–Crippen MR) is 466 cm³/mol. The smallest absolute Gasteiger partial charge is 0.125 e. The van der Waals surface area contributed by atoms with E-state index in [1.54, 1.807) is 7.11 Å². The van der Waals surface area contributed by atoms with Gasteiger partial charge in [-0.15, -0.1) is 0 Å². The van der Waals surface area contributed by atoms with Gasteiger partial charge in [0.15, 0.2) is 0 Å². The van der Waals surface area contributed by atoms with E-state index in [-0.39, 0.29) is 6.10 Å². The number of hydrogen-bond donors (Lipinski definition) is 1. The van der Waals surface area contributed by atoms with Crippen molar-refractivity contribution in [1.82, 2.24) is 0 Å². The van der Waals surface area contributed by atoms with Crippen molar-refractivity contribution in [2.24, 2.45) is 0 Å². The van der Waals surface area contributed by atoms with Crippen LogP contribution in [0, 0.1) is 39.5 Å². The van der Waals surface area contributed by atoms with Gasteiger partial charge in [0, 0.05) is 19.4 Å². The Balaban J connectivity index is 0.454. The second-order valence-corrected chi connectivity index (χ2v) is 28.5. The number of anilines is 1. The Morgan fingerprint density at radius 2 is 0.672 bits per heavy atom. The number of allylic oxidation sites excluding steroid dienone is 4. The fourth-order valence-corrected chi connectivity index (χ4v) is 15.2. The average molecular weight is 1550 g/mol. The van der Waals surface area contributed by atoms with Gasteiger partial charge < -0.3 is 62.2 Å². The summed E-state index contributed by atoms with van der Waals surface area (Å²) in [6.45, 7) is 17.5. The van der Waals surface area contributed by atoms with Crippen molar-refractivity contribution in [3.05, 3.63) is 387 Å². The zero-order chi connectivity index (χ0) is 80.1. The van der Waals surface area contributed by atoms with Crippen LogP contribution in [0.25, 0.3) is 11.1 Å². The molecule has 11 aromatic carbocycles. The summed E-state index contributed by atoms with van der Waals surface area (Å²) >= 11 is 0. The lowest BCUT2D eigenvalue weighted by Crippen LogP contribution is -2.31. The summed E-state index contributed by atoms with van der Waals surface area (Å²) < 4.78 is 71.2. The molecule has 11 aromatic rings. The summed E-state index contributed by atoms with van der Waals surface area (Å²) in [6, 6.07) is 98.6. The molecule has 0 saturated carbocycles. The normalized spacial score (nSPS) is 12.8. The third-order valence-electron chi connectivity index (χ3n) is 20.7. The molecular weight excluding hydrogens is 1440 g/mol. The lowest BCUT2D eigenvalue weighted by atomic mass is 9.64. The summed E-state index contributed by atoms with van der Waals surface area (Å²) in [6.07, 6.45) is 10.1. The van der Waals surface area contributed by atoms with Gasteiger partial charge in [0.25, 0.3) is 0 Å². The van der Waals surface area contributed by atoms with E-state index in [9.17, 15) is 0 Å². The topological polar surface area (TPSA) is 123 Å². The highest BCUT2D eigenvalue weighted by Crippen LogP contribution is 2.49. The minimum Gasteiger partial charge on any atom is -0.491 e. The van der Waals surface area contributed by atoms with Gasteiger partial charge in [0.1, 0.15) is 62.1 Å². The number of aryl methyl sites for hydroxylation is 5. The van der Waals surface area contributed by atoms with Gasteiger partial charge in [-0.2, -0.15) is 0 Å². The fourth-order valence-electron chi connectivity index (χ4n) is 15.2. The van der Waals surface area contributed by atoms with E-state index in [1.807, 2.05) is 24.3 Å². The lowest BCUT2D eigenvalue weighted by Gasteiger charge is -2.37. The predicted octanol–water partition coefficient (Wildman–Crippen LogP) is 19.8. The van der Waals surface area contributed by atoms with Crippen molar-refractivity contribution in [2.75, 3.05) is 138 Å². The number of rotatable bonds is 46. The molecule has 0 saturated heterocycles. The Morgan fingerprint density at radius 3 is 1.08 bits per heavy atom. The standard InChI is InChI=1S/C103H109NO12/c1-79-75-93(102(87-28-12-6-13-29-87,88-30-14-7-15-31-88)89-32-16-8-17-33-89)76-80(2)100(79)115-72-70-112-68-67-111-69-71-113-97-52-44-84(45-53-97)85-46-54-98(99(105-5)55-47-85)86-42-48-95(49-43-86)104-56-24-25-57-106-59-61-108-63-65-110-66-64-109-62-60-107-58-26-27-83-40-50-96(51-41-83)114-73-74-116-101-81(3)77-94(78-82(101)4)103(90-34-18-9-19-35-90,91-36-20-10-21-37-91)92-38-22-11-23-39-92/h6-23,28-55,75-78,99,104H,26-27,56-74H2,1-5H3. The van der Waals surface area contributed by atoms with E-state index in [2.05, 4.69) is 324 Å². The third-order valence-corrected chi connectivity index (χ3v) is 20.7.